The van der Waals surface area contributed by atoms with Crippen molar-refractivity contribution in [3.05, 3.63) is 11.1 Å². The third-order valence-electron chi connectivity index (χ3n) is 3.53. The topological polar surface area (TPSA) is 52.0 Å². The number of rotatable bonds is 8. The van der Waals surface area contributed by atoms with Gasteiger partial charge in [-0.15, -0.1) is 23.5 Å². The lowest BCUT2D eigenvalue weighted by atomic mass is 10.1. The molecule has 0 spiro atoms. The molecule has 4 heteroatoms. The molecule has 0 aromatic heterocycles. The molecule has 1 aromatic rings. The molecule has 0 fully saturated rings. The fraction of sp³-hybridized carbons (Fsp3) is 0.625. The quantitative estimate of drug-likeness (QED) is 0.391. The number of hydrogen-bond acceptors (Lipinski definition) is 4. The van der Waals surface area contributed by atoms with Crippen LogP contribution in [-0.4, -0.2) is 11.5 Å². The Morgan fingerprint density at radius 2 is 1.25 bits per heavy atom. The van der Waals surface area contributed by atoms with E-state index < -0.39 is 0 Å². The van der Waals surface area contributed by atoms with E-state index in [-0.39, 0.29) is 0 Å². The third kappa shape index (κ3) is 4.26. The van der Waals surface area contributed by atoms with Crippen LogP contribution in [0.2, 0.25) is 0 Å². The number of nitrogen functional groups attached to an aromatic ring is 2. The normalized spacial score (nSPS) is 11.0. The zero-order chi connectivity index (χ0) is 15.1. The maximum atomic E-state index is 6.40. The summed E-state index contributed by atoms with van der Waals surface area (Å²) in [5.41, 5.74) is 16.9. The maximum absolute atomic E-state index is 6.40. The predicted octanol–water partition coefficient (Wildman–Crippen LogP) is 5.25. The van der Waals surface area contributed by atoms with Crippen LogP contribution < -0.4 is 11.5 Å². The minimum Gasteiger partial charge on any atom is -0.398 e. The second-order valence-corrected chi connectivity index (χ2v) is 7.35. The summed E-state index contributed by atoms with van der Waals surface area (Å²) in [5.74, 6) is 2.22. The van der Waals surface area contributed by atoms with Crippen LogP contribution in [0.1, 0.15) is 50.7 Å². The first-order valence-electron chi connectivity index (χ1n) is 7.48. The van der Waals surface area contributed by atoms with Crippen molar-refractivity contribution in [1.82, 2.24) is 0 Å². The molecule has 4 N–H and O–H groups in total. The van der Waals surface area contributed by atoms with E-state index in [1.54, 1.807) is 0 Å². The molecule has 0 atom stereocenters. The van der Waals surface area contributed by atoms with Crippen molar-refractivity contribution < 1.29 is 0 Å². The van der Waals surface area contributed by atoms with Crippen LogP contribution in [-0.2, 0) is 0 Å². The minimum absolute atomic E-state index is 0.876. The average molecular weight is 313 g/mol. The minimum atomic E-state index is 0.876. The average Bonchev–Trinajstić information content (AvgIpc) is 2.44. The Hall–Kier alpha value is -0.480. The van der Waals surface area contributed by atoms with Gasteiger partial charge in [-0.2, -0.15) is 0 Å². The number of unbranched alkanes of at least 4 members (excludes halogenated alkanes) is 2. The molecule has 0 unspecified atom stereocenters. The smallest absolute Gasteiger partial charge is 0.0614 e. The van der Waals surface area contributed by atoms with E-state index >= 15 is 0 Å². The molecule has 0 saturated carbocycles. The number of nitrogens with two attached hydrogens (primary N) is 2. The fourth-order valence-corrected chi connectivity index (χ4v) is 4.50. The van der Waals surface area contributed by atoms with Gasteiger partial charge < -0.3 is 11.5 Å². The Morgan fingerprint density at radius 3 is 1.75 bits per heavy atom. The molecule has 0 aliphatic heterocycles. The van der Waals surface area contributed by atoms with Gasteiger partial charge >= 0.3 is 0 Å². The molecule has 114 valence electrons. The summed E-state index contributed by atoms with van der Waals surface area (Å²) in [6.45, 7) is 8.67. The van der Waals surface area contributed by atoms with Crippen molar-refractivity contribution in [1.29, 1.82) is 0 Å². The highest BCUT2D eigenvalue weighted by Crippen LogP contribution is 2.43. The molecule has 2 nitrogen and oxygen atoms in total. The van der Waals surface area contributed by atoms with E-state index in [1.807, 2.05) is 23.5 Å². The van der Waals surface area contributed by atoms with Crippen LogP contribution in [0, 0.1) is 13.8 Å². The monoisotopic (exact) mass is 312 g/mol. The van der Waals surface area contributed by atoms with Gasteiger partial charge in [-0.1, -0.05) is 26.7 Å². The van der Waals surface area contributed by atoms with Crippen LogP contribution in [0.3, 0.4) is 0 Å². The highest BCUT2D eigenvalue weighted by atomic mass is 32.2. The Balaban J connectivity index is 3.04. The van der Waals surface area contributed by atoms with E-state index in [4.69, 9.17) is 11.5 Å². The van der Waals surface area contributed by atoms with Crippen molar-refractivity contribution in [2.45, 2.75) is 63.2 Å². The van der Waals surface area contributed by atoms with E-state index in [0.29, 0.717) is 0 Å². The molecular formula is C16H28N2S2. The Bertz CT molecular complexity index is 408. The van der Waals surface area contributed by atoms with Gasteiger partial charge in [-0.05, 0) is 49.3 Å². The van der Waals surface area contributed by atoms with Crippen LogP contribution in [0.25, 0.3) is 0 Å². The van der Waals surface area contributed by atoms with Crippen LogP contribution in [0.15, 0.2) is 9.79 Å². The molecule has 0 amide bonds. The van der Waals surface area contributed by atoms with Crippen molar-refractivity contribution >= 4 is 34.9 Å². The first-order chi connectivity index (χ1) is 9.54. The lowest BCUT2D eigenvalue weighted by Gasteiger charge is -2.19. The lowest BCUT2D eigenvalue weighted by Crippen LogP contribution is -2.04. The molecule has 0 saturated heterocycles. The standard InChI is InChI=1S/C16H28N2S2/c1-5-7-9-19-15-12(4)11(3)13(17)16(14(15)18)20-10-8-6-2/h5-10,17-18H2,1-4H3. The van der Waals surface area contributed by atoms with Gasteiger partial charge in [0.05, 0.1) is 16.3 Å². The molecule has 1 aromatic carbocycles. The van der Waals surface area contributed by atoms with Gasteiger partial charge in [0.25, 0.3) is 0 Å². The number of hydrogen-bond donors (Lipinski definition) is 2. The predicted molar refractivity (Wildman–Crippen MR) is 96.0 cm³/mol. The number of thioether (sulfide) groups is 2. The Morgan fingerprint density at radius 1 is 0.750 bits per heavy atom. The molecule has 0 aliphatic carbocycles. The van der Waals surface area contributed by atoms with Crippen molar-refractivity contribution in [3.8, 4) is 0 Å². The van der Waals surface area contributed by atoms with Gasteiger partial charge in [-0.3, -0.25) is 0 Å². The zero-order valence-corrected chi connectivity index (χ0v) is 14.8. The van der Waals surface area contributed by atoms with Crippen molar-refractivity contribution in [2.24, 2.45) is 0 Å². The largest absolute Gasteiger partial charge is 0.398 e. The molecule has 0 heterocycles. The highest BCUT2D eigenvalue weighted by Gasteiger charge is 2.16. The van der Waals surface area contributed by atoms with Crippen LogP contribution in [0.5, 0.6) is 0 Å². The van der Waals surface area contributed by atoms with Gasteiger partial charge in [-0.25, -0.2) is 0 Å². The van der Waals surface area contributed by atoms with Crippen molar-refractivity contribution in [2.75, 3.05) is 23.0 Å². The summed E-state index contributed by atoms with van der Waals surface area (Å²) in [4.78, 5) is 2.34. The van der Waals surface area contributed by atoms with E-state index in [1.165, 1.54) is 41.7 Å². The van der Waals surface area contributed by atoms with Gasteiger partial charge in [0.2, 0.25) is 0 Å². The van der Waals surface area contributed by atoms with Gasteiger partial charge in [0, 0.05) is 4.90 Å². The summed E-state index contributed by atoms with van der Waals surface area (Å²) in [5, 5.41) is 0. The molecular weight excluding hydrogens is 284 g/mol. The molecule has 1 rings (SSSR count). The van der Waals surface area contributed by atoms with E-state index in [9.17, 15) is 0 Å². The molecule has 0 aliphatic rings. The number of benzene rings is 1. The summed E-state index contributed by atoms with van der Waals surface area (Å²) in [7, 11) is 0. The lowest BCUT2D eigenvalue weighted by molar-refractivity contribution is 0.895. The van der Waals surface area contributed by atoms with Crippen LogP contribution >= 0.6 is 23.5 Å². The van der Waals surface area contributed by atoms with Gasteiger partial charge in [0.15, 0.2) is 0 Å². The SMILES string of the molecule is CCCCSc1c(C)c(C)c(N)c(SCCCC)c1N. The number of anilines is 2. The van der Waals surface area contributed by atoms with E-state index in [0.717, 1.165) is 27.8 Å². The molecule has 20 heavy (non-hydrogen) atoms. The third-order valence-corrected chi connectivity index (χ3v) is 6.06. The Kier molecular flexibility index (Phi) is 7.67. The molecule has 0 radical (unpaired) electrons. The summed E-state index contributed by atoms with van der Waals surface area (Å²) >= 11 is 3.69. The first kappa shape index (κ1) is 17.6. The summed E-state index contributed by atoms with van der Waals surface area (Å²) < 4.78 is 0. The summed E-state index contributed by atoms with van der Waals surface area (Å²) in [6, 6.07) is 0. The Labute approximate surface area is 132 Å². The second kappa shape index (κ2) is 8.73. The van der Waals surface area contributed by atoms with Crippen LogP contribution in [0.4, 0.5) is 11.4 Å². The van der Waals surface area contributed by atoms with Gasteiger partial charge in [0.1, 0.15) is 0 Å². The van der Waals surface area contributed by atoms with Crippen molar-refractivity contribution in [3.63, 3.8) is 0 Å². The zero-order valence-electron chi connectivity index (χ0n) is 13.2. The second-order valence-electron chi connectivity index (χ2n) is 5.14. The maximum Gasteiger partial charge on any atom is 0.0614 e. The molecule has 0 bridgehead atoms. The fourth-order valence-electron chi connectivity index (χ4n) is 1.97. The first-order valence-corrected chi connectivity index (χ1v) is 9.45. The van der Waals surface area contributed by atoms with E-state index in [2.05, 4.69) is 27.7 Å². The highest BCUT2D eigenvalue weighted by molar-refractivity contribution is 8.00. The summed E-state index contributed by atoms with van der Waals surface area (Å²) in [6.07, 6.45) is 4.85.